The average Bonchev–Trinajstić information content (AvgIpc) is 2.99. The number of hydrogen-bond acceptors (Lipinski definition) is 7. The zero-order valence-electron chi connectivity index (χ0n) is 16.2. The number of pyridine rings is 1. The molecule has 0 bridgehead atoms. The fraction of sp³-hybridized carbons (Fsp3) is 0.316. The highest BCUT2D eigenvalue weighted by Crippen LogP contribution is 2.27. The molecule has 9 nitrogen and oxygen atoms in total. The van der Waals surface area contributed by atoms with Crippen molar-refractivity contribution in [3.8, 4) is 0 Å². The lowest BCUT2D eigenvalue weighted by molar-refractivity contribution is 0.0751. The molecule has 0 spiro atoms. The van der Waals surface area contributed by atoms with E-state index in [1.54, 1.807) is 19.2 Å². The number of rotatable bonds is 5. The lowest BCUT2D eigenvalue weighted by atomic mass is 10.0. The number of nitrogens with two attached hydrogens (primary N) is 2. The zero-order chi connectivity index (χ0) is 21.4. The molecule has 6 N–H and O–H groups in total. The summed E-state index contributed by atoms with van der Waals surface area (Å²) in [4.78, 5) is 16.0. The van der Waals surface area contributed by atoms with Crippen LogP contribution in [0.25, 0.3) is 10.9 Å². The lowest BCUT2D eigenvalue weighted by Gasteiger charge is -2.30. The number of primary amides is 1. The van der Waals surface area contributed by atoms with Gasteiger partial charge in [0.2, 0.25) is 5.95 Å². The van der Waals surface area contributed by atoms with Crippen LogP contribution < -0.4 is 22.1 Å². The largest absolute Gasteiger partial charge is 0.380 e. The minimum Gasteiger partial charge on any atom is -0.380 e. The van der Waals surface area contributed by atoms with E-state index in [-0.39, 0.29) is 34.7 Å². The molecular weight excluding hydrogens is 396 g/mol. The van der Waals surface area contributed by atoms with Crippen LogP contribution in [0.1, 0.15) is 16.8 Å². The van der Waals surface area contributed by atoms with Crippen LogP contribution in [0.5, 0.6) is 0 Å². The first kappa shape index (κ1) is 20.0. The highest BCUT2D eigenvalue weighted by molar-refractivity contribution is 5.99. The third kappa shape index (κ3) is 3.76. The number of aryl methyl sites for hydroxylation is 1. The summed E-state index contributed by atoms with van der Waals surface area (Å²) in [5.74, 6) is -2.25. The number of halogens is 2. The maximum absolute atomic E-state index is 14.6. The molecule has 0 radical (unpaired) electrons. The van der Waals surface area contributed by atoms with Crippen molar-refractivity contribution < 1.29 is 18.3 Å². The van der Waals surface area contributed by atoms with Gasteiger partial charge in [-0.05, 0) is 30.7 Å². The van der Waals surface area contributed by atoms with E-state index in [0.29, 0.717) is 30.8 Å². The van der Waals surface area contributed by atoms with Crippen LogP contribution in [0, 0.1) is 11.8 Å². The predicted molar refractivity (Wildman–Crippen MR) is 107 cm³/mol. The number of nitrogens with one attached hydrogen (secondary N) is 2. The third-order valence-electron chi connectivity index (χ3n) is 5.03. The quantitative estimate of drug-likeness (QED) is 0.496. The van der Waals surface area contributed by atoms with E-state index in [4.69, 9.17) is 16.2 Å². The number of nitrogens with zero attached hydrogens (tertiary/aromatic N) is 3. The zero-order valence-corrected chi connectivity index (χ0v) is 16.2. The molecule has 0 unspecified atom stereocenters. The topological polar surface area (TPSA) is 133 Å². The van der Waals surface area contributed by atoms with Crippen molar-refractivity contribution in [2.75, 3.05) is 23.8 Å². The smallest absolute Gasteiger partial charge is 0.252 e. The number of hydrogen-bond donors (Lipinski definition) is 4. The molecule has 1 fully saturated rings. The van der Waals surface area contributed by atoms with Crippen LogP contribution >= 0.6 is 0 Å². The fourth-order valence-corrected chi connectivity index (χ4v) is 3.43. The Hall–Kier alpha value is -3.31. The van der Waals surface area contributed by atoms with Crippen molar-refractivity contribution in [3.63, 3.8) is 0 Å². The second-order valence-electron chi connectivity index (χ2n) is 7.13. The monoisotopic (exact) mass is 417 g/mol. The van der Waals surface area contributed by atoms with Gasteiger partial charge >= 0.3 is 0 Å². The number of fused-ring (bicyclic) bond motifs is 1. The molecule has 2 atom stereocenters. The van der Waals surface area contributed by atoms with Gasteiger partial charge in [-0.15, -0.1) is 5.10 Å². The number of carbonyl (C=O) groups is 1. The van der Waals surface area contributed by atoms with Gasteiger partial charge in [-0.3, -0.25) is 9.48 Å². The summed E-state index contributed by atoms with van der Waals surface area (Å²) in [6.45, 7) is 0.842. The molecule has 0 aliphatic carbocycles. The molecule has 1 amide bonds. The number of ether oxygens (including phenoxy) is 1. The second-order valence-corrected chi connectivity index (χ2v) is 7.13. The molecule has 3 aromatic rings. The summed E-state index contributed by atoms with van der Waals surface area (Å²) in [7, 11) is 1.63. The average molecular weight is 417 g/mol. The molecule has 1 aromatic carbocycles. The number of carbonyl (C=O) groups excluding carboxylic acids is 1. The normalized spacial score (nSPS) is 19.1. The number of benzene rings is 1. The molecular formula is C19H21F2N7O2. The Labute approximate surface area is 170 Å². The van der Waals surface area contributed by atoms with Crippen LogP contribution in [0.15, 0.2) is 24.3 Å². The Balaban J connectivity index is 1.68. The Kier molecular flexibility index (Phi) is 5.22. The van der Waals surface area contributed by atoms with Crippen LogP contribution in [0.3, 0.4) is 0 Å². The van der Waals surface area contributed by atoms with E-state index >= 15 is 0 Å². The summed E-state index contributed by atoms with van der Waals surface area (Å²) < 4.78 is 35.3. The van der Waals surface area contributed by atoms with Crippen LogP contribution in [-0.4, -0.2) is 46.0 Å². The summed E-state index contributed by atoms with van der Waals surface area (Å²) in [5.41, 5.74) is 12.3. The number of anilines is 3. The summed E-state index contributed by atoms with van der Waals surface area (Å²) in [6.07, 6.45) is 0.583. The van der Waals surface area contributed by atoms with Gasteiger partial charge in [0.15, 0.2) is 11.6 Å². The van der Waals surface area contributed by atoms with E-state index in [1.165, 1.54) is 10.7 Å². The van der Waals surface area contributed by atoms with Gasteiger partial charge in [0.1, 0.15) is 5.82 Å². The van der Waals surface area contributed by atoms with Crippen molar-refractivity contribution in [2.45, 2.75) is 18.5 Å². The van der Waals surface area contributed by atoms with Gasteiger partial charge in [0.25, 0.3) is 5.91 Å². The van der Waals surface area contributed by atoms with Gasteiger partial charge in [-0.25, -0.2) is 9.37 Å². The van der Waals surface area contributed by atoms with Crippen molar-refractivity contribution in [1.82, 2.24) is 14.8 Å². The molecule has 158 valence electrons. The Morgan fingerprint density at radius 2 is 2.10 bits per heavy atom. The Morgan fingerprint density at radius 3 is 2.83 bits per heavy atom. The third-order valence-corrected chi connectivity index (χ3v) is 5.03. The van der Waals surface area contributed by atoms with E-state index < -0.39 is 17.7 Å². The maximum Gasteiger partial charge on any atom is 0.252 e. The summed E-state index contributed by atoms with van der Waals surface area (Å²) in [5, 5.41) is 9.92. The van der Waals surface area contributed by atoms with E-state index in [9.17, 15) is 13.6 Å². The molecule has 3 heterocycles. The van der Waals surface area contributed by atoms with E-state index in [0.717, 1.165) is 6.07 Å². The van der Waals surface area contributed by atoms with E-state index in [1.807, 2.05) is 0 Å². The van der Waals surface area contributed by atoms with E-state index in [2.05, 4.69) is 20.7 Å². The predicted octanol–water partition coefficient (Wildman–Crippen LogP) is 1.62. The number of amides is 1. The molecule has 1 aliphatic rings. The van der Waals surface area contributed by atoms with Gasteiger partial charge in [-0.2, -0.15) is 4.39 Å². The molecule has 1 saturated heterocycles. The molecule has 30 heavy (non-hydrogen) atoms. The maximum atomic E-state index is 14.6. The summed E-state index contributed by atoms with van der Waals surface area (Å²) >= 11 is 0. The lowest BCUT2D eigenvalue weighted by Crippen LogP contribution is -2.47. The standard InChI is InChI=1S/C19H21F2N7O2/c1-28-15-3-2-9(6-10(15)16(21)27-28)24-18-11(17(23)29)7-12(20)19(26-18)25-14-4-5-30-8-13(14)22/h2-3,6-7,13-14H,4-5,8,22H2,1H3,(H2,23,29)(H2,24,25,26)/t13-,14+/m0/s1. The van der Waals surface area contributed by atoms with Crippen molar-refractivity contribution in [2.24, 2.45) is 18.5 Å². The SMILES string of the molecule is Cn1nc(F)c2cc(Nc3nc(N[C@@H]4CCOC[C@@H]4N)c(F)cc3C(N)=O)ccc21. The molecule has 11 heteroatoms. The van der Waals surface area contributed by atoms with Crippen molar-refractivity contribution in [3.05, 3.63) is 41.6 Å². The van der Waals surface area contributed by atoms with Crippen LogP contribution in [0.2, 0.25) is 0 Å². The fourth-order valence-electron chi connectivity index (χ4n) is 3.43. The Morgan fingerprint density at radius 1 is 1.30 bits per heavy atom. The highest BCUT2D eigenvalue weighted by Gasteiger charge is 2.25. The molecule has 1 aliphatic heterocycles. The van der Waals surface area contributed by atoms with Crippen LogP contribution in [0.4, 0.5) is 26.1 Å². The summed E-state index contributed by atoms with van der Waals surface area (Å²) in [6, 6.07) is 5.29. The second kappa shape index (κ2) is 7.84. The van der Waals surface area contributed by atoms with Crippen LogP contribution in [-0.2, 0) is 11.8 Å². The van der Waals surface area contributed by atoms with Crippen molar-refractivity contribution >= 4 is 34.1 Å². The first-order valence-electron chi connectivity index (χ1n) is 9.33. The first-order chi connectivity index (χ1) is 14.3. The Bertz CT molecular complexity index is 1120. The highest BCUT2D eigenvalue weighted by atomic mass is 19.1. The van der Waals surface area contributed by atoms with Crippen molar-refractivity contribution in [1.29, 1.82) is 0 Å². The first-order valence-corrected chi connectivity index (χ1v) is 9.33. The number of aromatic nitrogens is 3. The van der Waals surface area contributed by atoms with Gasteiger partial charge in [-0.1, -0.05) is 0 Å². The molecule has 0 saturated carbocycles. The minimum atomic E-state index is -0.855. The van der Waals surface area contributed by atoms with Gasteiger partial charge < -0.3 is 26.8 Å². The van der Waals surface area contributed by atoms with Gasteiger partial charge in [0, 0.05) is 31.4 Å². The molecule has 4 rings (SSSR count). The van der Waals surface area contributed by atoms with Gasteiger partial charge in [0.05, 0.1) is 23.1 Å². The molecule has 2 aromatic heterocycles. The minimum absolute atomic E-state index is 0.0377.